The van der Waals surface area contributed by atoms with Crippen molar-refractivity contribution >= 4 is 0 Å². The summed E-state index contributed by atoms with van der Waals surface area (Å²) in [6, 6.07) is 8.48. The van der Waals surface area contributed by atoms with Crippen LogP contribution >= 0.6 is 0 Å². The lowest BCUT2D eigenvalue weighted by Crippen LogP contribution is -2.45. The van der Waals surface area contributed by atoms with Crippen LogP contribution in [0.1, 0.15) is 11.1 Å². The Morgan fingerprint density at radius 3 is 2.73 bits per heavy atom. The Balaban J connectivity index is 1.84. The Labute approximate surface area is 91.0 Å². The summed E-state index contributed by atoms with van der Waals surface area (Å²) in [5.41, 5.74) is 6.14. The minimum absolute atomic E-state index is 0.834. The maximum Gasteiger partial charge on any atom is 0.0608 e. The highest BCUT2D eigenvalue weighted by Crippen LogP contribution is 2.06. The lowest BCUT2D eigenvalue weighted by atomic mass is 10.1. The zero-order valence-corrected chi connectivity index (χ0v) is 9.20. The van der Waals surface area contributed by atoms with E-state index in [0.29, 0.717) is 0 Å². The molecule has 1 heterocycles. The number of morpholine rings is 1. The van der Waals surface area contributed by atoms with E-state index in [1.165, 1.54) is 11.1 Å². The zero-order valence-electron chi connectivity index (χ0n) is 9.20. The van der Waals surface area contributed by atoms with E-state index in [1.807, 2.05) is 0 Å². The van der Waals surface area contributed by atoms with E-state index in [2.05, 4.69) is 41.6 Å². The van der Waals surface area contributed by atoms with E-state index in [1.54, 1.807) is 0 Å². The zero-order chi connectivity index (χ0) is 10.5. The van der Waals surface area contributed by atoms with Crippen molar-refractivity contribution in [2.75, 3.05) is 26.3 Å². The monoisotopic (exact) mass is 206 g/mol. The SMILES string of the molecule is Cc1ccccc1CNN1CCOCC1. The van der Waals surface area contributed by atoms with Crippen LogP contribution in [0.25, 0.3) is 0 Å². The van der Waals surface area contributed by atoms with Gasteiger partial charge in [-0.05, 0) is 18.1 Å². The third-order valence-corrected chi connectivity index (χ3v) is 2.77. The molecule has 3 nitrogen and oxygen atoms in total. The van der Waals surface area contributed by atoms with Crippen molar-refractivity contribution < 1.29 is 4.74 Å². The molecule has 0 spiro atoms. The Morgan fingerprint density at radius 1 is 1.27 bits per heavy atom. The van der Waals surface area contributed by atoms with Gasteiger partial charge in [0.1, 0.15) is 0 Å². The molecule has 0 unspecified atom stereocenters. The molecule has 82 valence electrons. The average molecular weight is 206 g/mol. The molecule has 1 aromatic carbocycles. The van der Waals surface area contributed by atoms with Crippen LogP contribution in [0.5, 0.6) is 0 Å². The fraction of sp³-hybridized carbons (Fsp3) is 0.500. The molecule has 1 fully saturated rings. The van der Waals surface area contributed by atoms with Gasteiger partial charge in [-0.1, -0.05) is 24.3 Å². The summed E-state index contributed by atoms with van der Waals surface area (Å²) < 4.78 is 5.29. The smallest absolute Gasteiger partial charge is 0.0608 e. The molecule has 3 heteroatoms. The molecule has 0 saturated carbocycles. The van der Waals surface area contributed by atoms with Gasteiger partial charge in [0.05, 0.1) is 13.2 Å². The van der Waals surface area contributed by atoms with Crippen LogP contribution in [0, 0.1) is 6.92 Å². The minimum atomic E-state index is 0.834. The predicted octanol–water partition coefficient (Wildman–Crippen LogP) is 1.33. The van der Waals surface area contributed by atoms with Crippen molar-refractivity contribution in [2.45, 2.75) is 13.5 Å². The van der Waals surface area contributed by atoms with E-state index in [4.69, 9.17) is 4.74 Å². The maximum absolute atomic E-state index is 5.29. The van der Waals surface area contributed by atoms with Crippen molar-refractivity contribution in [3.8, 4) is 0 Å². The molecule has 0 bridgehead atoms. The van der Waals surface area contributed by atoms with E-state index < -0.39 is 0 Å². The van der Waals surface area contributed by atoms with Crippen LogP contribution in [-0.4, -0.2) is 31.3 Å². The quantitative estimate of drug-likeness (QED) is 0.807. The molecule has 15 heavy (non-hydrogen) atoms. The molecule has 1 saturated heterocycles. The second kappa shape index (κ2) is 5.26. The highest BCUT2D eigenvalue weighted by molar-refractivity contribution is 5.25. The highest BCUT2D eigenvalue weighted by Gasteiger charge is 2.09. The molecule has 1 aromatic rings. The van der Waals surface area contributed by atoms with Crippen LogP contribution in [0.2, 0.25) is 0 Å². The molecule has 0 aromatic heterocycles. The normalized spacial score (nSPS) is 17.9. The molecule has 1 N–H and O–H groups in total. The Hall–Kier alpha value is -0.900. The summed E-state index contributed by atoms with van der Waals surface area (Å²) in [5, 5.41) is 2.23. The first-order chi connectivity index (χ1) is 7.36. The lowest BCUT2D eigenvalue weighted by molar-refractivity contribution is 0.0105. The van der Waals surface area contributed by atoms with Gasteiger partial charge >= 0.3 is 0 Å². The molecular formula is C12H18N2O. The van der Waals surface area contributed by atoms with E-state index >= 15 is 0 Å². The van der Waals surface area contributed by atoms with Gasteiger partial charge in [-0.3, -0.25) is 5.43 Å². The van der Waals surface area contributed by atoms with Crippen molar-refractivity contribution in [3.63, 3.8) is 0 Å². The molecule has 0 amide bonds. The van der Waals surface area contributed by atoms with E-state index in [0.717, 1.165) is 32.8 Å². The molecular weight excluding hydrogens is 188 g/mol. The number of hydrogen-bond donors (Lipinski definition) is 1. The number of nitrogens with zero attached hydrogens (tertiary/aromatic N) is 1. The number of ether oxygens (including phenoxy) is 1. The van der Waals surface area contributed by atoms with Crippen LogP contribution in [-0.2, 0) is 11.3 Å². The van der Waals surface area contributed by atoms with Gasteiger partial charge < -0.3 is 4.74 Å². The Bertz CT molecular complexity index is 308. The second-order valence-corrected chi connectivity index (χ2v) is 3.86. The fourth-order valence-corrected chi connectivity index (χ4v) is 1.73. The van der Waals surface area contributed by atoms with Gasteiger partial charge in [0.25, 0.3) is 0 Å². The van der Waals surface area contributed by atoms with Crippen LogP contribution in [0.3, 0.4) is 0 Å². The van der Waals surface area contributed by atoms with Crippen molar-refractivity contribution in [3.05, 3.63) is 35.4 Å². The summed E-state index contributed by atoms with van der Waals surface area (Å²) in [6.07, 6.45) is 0. The second-order valence-electron chi connectivity index (χ2n) is 3.86. The van der Waals surface area contributed by atoms with Gasteiger partial charge in [0.2, 0.25) is 0 Å². The number of benzene rings is 1. The van der Waals surface area contributed by atoms with Crippen LogP contribution in [0.4, 0.5) is 0 Å². The number of hydrazine groups is 1. The van der Waals surface area contributed by atoms with Crippen molar-refractivity contribution in [1.82, 2.24) is 10.4 Å². The first-order valence-corrected chi connectivity index (χ1v) is 5.47. The third kappa shape index (κ3) is 3.02. The standard InChI is InChI=1S/C12H18N2O/c1-11-4-2-3-5-12(11)10-13-14-6-8-15-9-7-14/h2-5,13H,6-10H2,1H3. The molecule has 2 rings (SSSR count). The van der Waals surface area contributed by atoms with Crippen LogP contribution in [0.15, 0.2) is 24.3 Å². The average Bonchev–Trinajstić information content (AvgIpc) is 2.29. The molecule has 1 aliphatic heterocycles. The van der Waals surface area contributed by atoms with Crippen molar-refractivity contribution in [1.29, 1.82) is 0 Å². The third-order valence-electron chi connectivity index (χ3n) is 2.77. The Morgan fingerprint density at radius 2 is 2.00 bits per heavy atom. The first-order valence-electron chi connectivity index (χ1n) is 5.47. The molecule has 1 aliphatic rings. The lowest BCUT2D eigenvalue weighted by Gasteiger charge is -2.27. The summed E-state index contributed by atoms with van der Waals surface area (Å²) in [5.74, 6) is 0. The summed E-state index contributed by atoms with van der Waals surface area (Å²) in [7, 11) is 0. The van der Waals surface area contributed by atoms with Gasteiger partial charge in [-0.2, -0.15) is 0 Å². The summed E-state index contributed by atoms with van der Waals surface area (Å²) in [4.78, 5) is 0. The van der Waals surface area contributed by atoms with Gasteiger partial charge in [-0.15, -0.1) is 0 Å². The predicted molar refractivity (Wildman–Crippen MR) is 60.4 cm³/mol. The minimum Gasteiger partial charge on any atom is -0.379 e. The number of rotatable bonds is 3. The van der Waals surface area contributed by atoms with Crippen molar-refractivity contribution in [2.24, 2.45) is 0 Å². The first kappa shape index (κ1) is 10.6. The highest BCUT2D eigenvalue weighted by atomic mass is 16.5. The number of aryl methyl sites for hydroxylation is 1. The maximum atomic E-state index is 5.29. The molecule has 0 aliphatic carbocycles. The fourth-order valence-electron chi connectivity index (χ4n) is 1.73. The Kier molecular flexibility index (Phi) is 3.72. The number of nitrogens with one attached hydrogen (secondary N) is 1. The molecule has 0 atom stereocenters. The van der Waals surface area contributed by atoms with Gasteiger partial charge in [0, 0.05) is 19.6 Å². The summed E-state index contributed by atoms with van der Waals surface area (Å²) >= 11 is 0. The van der Waals surface area contributed by atoms with Gasteiger partial charge in [-0.25, -0.2) is 5.01 Å². The van der Waals surface area contributed by atoms with E-state index in [9.17, 15) is 0 Å². The summed E-state index contributed by atoms with van der Waals surface area (Å²) in [6.45, 7) is 6.68. The van der Waals surface area contributed by atoms with E-state index in [-0.39, 0.29) is 0 Å². The molecule has 0 radical (unpaired) electrons. The largest absolute Gasteiger partial charge is 0.379 e. The topological polar surface area (TPSA) is 24.5 Å². The van der Waals surface area contributed by atoms with Gasteiger partial charge in [0.15, 0.2) is 0 Å². The number of hydrogen-bond acceptors (Lipinski definition) is 3. The van der Waals surface area contributed by atoms with Crippen LogP contribution < -0.4 is 5.43 Å².